The van der Waals surface area contributed by atoms with Crippen LogP contribution in [0.1, 0.15) is 11.1 Å². The van der Waals surface area contributed by atoms with Crippen LogP contribution in [0, 0.1) is 13.8 Å². The van der Waals surface area contributed by atoms with Gasteiger partial charge in [-0.05, 0) is 55.8 Å². The van der Waals surface area contributed by atoms with Crippen molar-refractivity contribution in [2.24, 2.45) is 0 Å². The average molecular weight is 468 g/mol. The molecule has 4 rings (SSSR count). The Kier molecular flexibility index (Phi) is 6.21. The van der Waals surface area contributed by atoms with Crippen molar-refractivity contribution < 1.29 is 13.9 Å². The molecule has 0 unspecified atom stereocenters. The minimum absolute atomic E-state index is 0.107. The van der Waals surface area contributed by atoms with E-state index in [0.29, 0.717) is 26.9 Å². The van der Waals surface area contributed by atoms with E-state index in [1.807, 2.05) is 26.0 Å². The molecule has 0 radical (unpaired) electrons. The topological polar surface area (TPSA) is 68.5 Å². The third kappa shape index (κ3) is 4.49. The fraction of sp³-hybridized carbons (Fsp3) is 0.120. The van der Waals surface area contributed by atoms with Crippen molar-refractivity contribution >= 4 is 45.8 Å². The number of ether oxygens (including phenoxy) is 1. The number of hydrogen-bond acceptors (Lipinski definition) is 4. The molecule has 1 amide bonds. The maximum absolute atomic E-state index is 13.3. The number of benzene rings is 3. The highest BCUT2D eigenvalue weighted by molar-refractivity contribution is 6.33. The number of fused-ring (bicyclic) bond motifs is 1. The Bertz CT molecular complexity index is 1380. The average Bonchev–Trinajstić information content (AvgIpc) is 2.76. The Morgan fingerprint density at radius 1 is 1.00 bits per heavy atom. The minimum Gasteiger partial charge on any atom is -0.476 e. The molecule has 7 heteroatoms. The summed E-state index contributed by atoms with van der Waals surface area (Å²) < 4.78 is 11.7. The molecule has 3 aromatic carbocycles. The van der Waals surface area contributed by atoms with E-state index in [0.717, 1.165) is 11.1 Å². The lowest BCUT2D eigenvalue weighted by Crippen LogP contribution is -2.22. The van der Waals surface area contributed by atoms with Gasteiger partial charge in [-0.15, -0.1) is 0 Å². The van der Waals surface area contributed by atoms with E-state index in [4.69, 9.17) is 32.4 Å². The quantitative estimate of drug-likeness (QED) is 0.368. The van der Waals surface area contributed by atoms with Crippen molar-refractivity contribution in [1.29, 1.82) is 0 Å². The maximum atomic E-state index is 13.3. The first-order valence-electron chi connectivity index (χ1n) is 9.84. The zero-order chi connectivity index (χ0) is 22.8. The summed E-state index contributed by atoms with van der Waals surface area (Å²) in [5.74, 6) is -0.372. The van der Waals surface area contributed by atoms with Gasteiger partial charge in [0.15, 0.2) is 12.4 Å². The maximum Gasteiger partial charge on any atom is 0.262 e. The van der Waals surface area contributed by atoms with Gasteiger partial charge in [0.05, 0.1) is 10.4 Å². The van der Waals surface area contributed by atoms with Gasteiger partial charge in [-0.25, -0.2) is 0 Å². The molecule has 0 fully saturated rings. The number of aryl methyl sites for hydroxylation is 2. The summed E-state index contributed by atoms with van der Waals surface area (Å²) in [6.07, 6.45) is 0. The number of carbonyl (C=O) groups is 1. The summed E-state index contributed by atoms with van der Waals surface area (Å²) in [4.78, 5) is 25.7. The molecule has 0 aliphatic rings. The van der Waals surface area contributed by atoms with Crippen LogP contribution in [0.25, 0.3) is 22.3 Å². The number of amides is 1. The molecular formula is C25H19Cl2NO4. The molecule has 162 valence electrons. The molecule has 0 atom stereocenters. The summed E-state index contributed by atoms with van der Waals surface area (Å²) in [6, 6.07) is 17.5. The van der Waals surface area contributed by atoms with Crippen LogP contribution in [-0.4, -0.2) is 12.5 Å². The molecule has 0 saturated heterocycles. The lowest BCUT2D eigenvalue weighted by molar-refractivity contribution is -0.118. The van der Waals surface area contributed by atoms with Gasteiger partial charge in [-0.1, -0.05) is 53.0 Å². The van der Waals surface area contributed by atoms with Crippen molar-refractivity contribution in [2.75, 3.05) is 11.9 Å². The first-order valence-corrected chi connectivity index (χ1v) is 10.6. The number of nitrogens with one attached hydrogen (secondary N) is 1. The van der Waals surface area contributed by atoms with Crippen LogP contribution in [0.15, 0.2) is 69.9 Å². The Morgan fingerprint density at radius 2 is 1.72 bits per heavy atom. The van der Waals surface area contributed by atoms with Gasteiger partial charge < -0.3 is 14.5 Å². The van der Waals surface area contributed by atoms with Gasteiger partial charge in [0.2, 0.25) is 11.2 Å². The third-order valence-electron chi connectivity index (χ3n) is 4.93. The summed E-state index contributed by atoms with van der Waals surface area (Å²) in [7, 11) is 0. The second-order valence-corrected chi connectivity index (χ2v) is 8.18. The normalized spacial score (nSPS) is 10.9. The molecule has 32 heavy (non-hydrogen) atoms. The van der Waals surface area contributed by atoms with Crippen molar-refractivity contribution in [3.8, 4) is 17.1 Å². The Labute approximate surface area is 194 Å². The van der Waals surface area contributed by atoms with Gasteiger partial charge in [-0.3, -0.25) is 9.59 Å². The molecule has 1 heterocycles. The molecule has 0 aliphatic heterocycles. The van der Waals surface area contributed by atoms with Crippen LogP contribution in [0.2, 0.25) is 10.0 Å². The van der Waals surface area contributed by atoms with Gasteiger partial charge in [0.25, 0.3) is 5.91 Å². The van der Waals surface area contributed by atoms with Crippen LogP contribution in [0.4, 0.5) is 5.69 Å². The van der Waals surface area contributed by atoms with E-state index in [-0.39, 0.29) is 23.5 Å². The molecule has 0 aliphatic carbocycles. The Hall–Kier alpha value is -3.28. The second kappa shape index (κ2) is 9.07. The molecule has 0 bridgehead atoms. The molecule has 0 spiro atoms. The lowest BCUT2D eigenvalue weighted by atomic mass is 10.1. The Morgan fingerprint density at radius 3 is 2.44 bits per heavy atom. The van der Waals surface area contributed by atoms with Gasteiger partial charge in [0.1, 0.15) is 5.58 Å². The van der Waals surface area contributed by atoms with Gasteiger partial charge in [0, 0.05) is 16.3 Å². The minimum atomic E-state index is -0.439. The van der Waals surface area contributed by atoms with Crippen LogP contribution in [0.3, 0.4) is 0 Å². The van der Waals surface area contributed by atoms with Crippen molar-refractivity contribution in [1.82, 2.24) is 0 Å². The van der Waals surface area contributed by atoms with Crippen molar-refractivity contribution in [3.63, 3.8) is 0 Å². The van der Waals surface area contributed by atoms with E-state index in [1.165, 1.54) is 6.07 Å². The monoisotopic (exact) mass is 467 g/mol. The summed E-state index contributed by atoms with van der Waals surface area (Å²) >= 11 is 12.6. The fourth-order valence-corrected chi connectivity index (χ4v) is 3.61. The van der Waals surface area contributed by atoms with E-state index >= 15 is 0 Å². The second-order valence-electron chi connectivity index (χ2n) is 7.37. The van der Waals surface area contributed by atoms with Gasteiger partial charge in [-0.2, -0.15) is 0 Å². The standard InChI is InChI=1S/C25H19Cl2NO4/c1-14-7-9-16(10-8-14)28-22(29)13-31-25-23(30)18-12-20(27)15(2)11-21(18)32-24(25)17-5-3-4-6-19(17)26/h3-12H,13H2,1-2H3,(H,28,29). The van der Waals surface area contributed by atoms with Crippen LogP contribution >= 0.6 is 23.2 Å². The van der Waals surface area contributed by atoms with Gasteiger partial charge >= 0.3 is 0 Å². The molecule has 0 saturated carbocycles. The largest absolute Gasteiger partial charge is 0.476 e. The summed E-state index contributed by atoms with van der Waals surface area (Å²) in [6.45, 7) is 3.38. The summed E-state index contributed by atoms with van der Waals surface area (Å²) in [5.41, 5.74) is 2.86. The van der Waals surface area contributed by atoms with E-state index < -0.39 is 11.3 Å². The lowest BCUT2D eigenvalue weighted by Gasteiger charge is -2.13. The van der Waals surface area contributed by atoms with E-state index in [1.54, 1.807) is 42.5 Å². The number of carbonyl (C=O) groups excluding carboxylic acids is 1. The Balaban J connectivity index is 1.73. The van der Waals surface area contributed by atoms with Crippen LogP contribution in [-0.2, 0) is 4.79 Å². The molecule has 5 nitrogen and oxygen atoms in total. The van der Waals surface area contributed by atoms with Crippen molar-refractivity contribution in [3.05, 3.63) is 92.1 Å². The summed E-state index contributed by atoms with van der Waals surface area (Å²) in [5, 5.41) is 3.81. The zero-order valence-electron chi connectivity index (χ0n) is 17.4. The molecule has 1 N–H and O–H groups in total. The van der Waals surface area contributed by atoms with Crippen LogP contribution < -0.4 is 15.5 Å². The smallest absolute Gasteiger partial charge is 0.262 e. The molecule has 4 aromatic rings. The fourth-order valence-electron chi connectivity index (χ4n) is 3.22. The highest BCUT2D eigenvalue weighted by Gasteiger charge is 2.21. The first-order chi connectivity index (χ1) is 15.3. The molecular weight excluding hydrogens is 449 g/mol. The highest BCUT2D eigenvalue weighted by Crippen LogP contribution is 2.36. The van der Waals surface area contributed by atoms with E-state index in [2.05, 4.69) is 5.32 Å². The number of rotatable bonds is 5. The first kappa shape index (κ1) is 21.9. The number of anilines is 1. The third-order valence-corrected chi connectivity index (χ3v) is 5.67. The SMILES string of the molecule is Cc1ccc(NC(=O)COc2c(-c3ccccc3Cl)oc3cc(C)c(Cl)cc3c2=O)cc1. The molecule has 1 aromatic heterocycles. The van der Waals surface area contributed by atoms with Crippen LogP contribution in [0.5, 0.6) is 5.75 Å². The number of halogens is 2. The predicted molar refractivity (Wildman–Crippen MR) is 128 cm³/mol. The highest BCUT2D eigenvalue weighted by atomic mass is 35.5. The van der Waals surface area contributed by atoms with Crippen molar-refractivity contribution in [2.45, 2.75) is 13.8 Å². The number of hydrogen-bond donors (Lipinski definition) is 1. The predicted octanol–water partition coefficient (Wildman–Crippen LogP) is 6.40. The van der Waals surface area contributed by atoms with E-state index in [9.17, 15) is 9.59 Å². The zero-order valence-corrected chi connectivity index (χ0v) is 18.9.